The molecule has 1 atom stereocenters. The second kappa shape index (κ2) is 10.4. The number of para-hydroxylation sites is 1. The number of carbonyl (C=O) groups excluding carboxylic acids is 3. The average Bonchev–Trinajstić information content (AvgIpc) is 3.62. The van der Waals surface area contributed by atoms with E-state index in [9.17, 15) is 19.2 Å². The number of hydrogen-bond donors (Lipinski definition) is 0. The number of esters is 2. The van der Waals surface area contributed by atoms with Crippen molar-refractivity contribution in [3.05, 3.63) is 84.5 Å². The number of nitrogens with zero attached hydrogens (tertiary/aromatic N) is 3. The molecule has 0 aliphatic carbocycles. The first-order valence-corrected chi connectivity index (χ1v) is 13.8. The number of allylic oxidation sites excluding steroid dienone is 1. The molecule has 2 aromatic carbocycles. The maximum atomic E-state index is 14.2. The number of thiazole rings is 1. The van der Waals surface area contributed by atoms with Crippen molar-refractivity contribution in [2.75, 3.05) is 31.5 Å². The third-order valence-electron chi connectivity index (χ3n) is 6.95. The summed E-state index contributed by atoms with van der Waals surface area (Å²) in [7, 11) is 0. The van der Waals surface area contributed by atoms with Crippen molar-refractivity contribution < 1.29 is 33.3 Å². The van der Waals surface area contributed by atoms with Crippen molar-refractivity contribution in [2.24, 2.45) is 4.99 Å². The molecule has 1 amide bonds. The van der Waals surface area contributed by atoms with E-state index in [1.807, 2.05) is 0 Å². The van der Waals surface area contributed by atoms with E-state index in [0.717, 1.165) is 11.3 Å². The van der Waals surface area contributed by atoms with Gasteiger partial charge in [-0.15, -0.1) is 0 Å². The minimum absolute atomic E-state index is 0.0638. The first-order valence-electron chi connectivity index (χ1n) is 13.0. The molecule has 0 radical (unpaired) electrons. The molecule has 4 heterocycles. The summed E-state index contributed by atoms with van der Waals surface area (Å²) in [5.74, 6) is -0.616. The smallest absolute Gasteiger partial charge is 0.338 e. The van der Waals surface area contributed by atoms with E-state index >= 15 is 0 Å². The van der Waals surface area contributed by atoms with Crippen LogP contribution in [-0.2, 0) is 23.9 Å². The SMILES string of the molecule is CCOC(=O)CN1C(=O)/C(=c2/sc3n(c2=O)[C@@H](c2ccc4c(c2)OCO4)C(C(=O)OCC)=C(C)N=3)c2ccccc21. The highest BCUT2D eigenvalue weighted by Crippen LogP contribution is 2.39. The van der Waals surface area contributed by atoms with Gasteiger partial charge in [-0.25, -0.2) is 9.79 Å². The summed E-state index contributed by atoms with van der Waals surface area (Å²) in [6.45, 7) is 5.16. The number of fused-ring (bicyclic) bond motifs is 3. The molecule has 210 valence electrons. The predicted molar refractivity (Wildman–Crippen MR) is 147 cm³/mol. The molecule has 41 heavy (non-hydrogen) atoms. The Hall–Kier alpha value is -4.71. The van der Waals surface area contributed by atoms with Gasteiger partial charge >= 0.3 is 11.9 Å². The van der Waals surface area contributed by atoms with Crippen LogP contribution in [0.1, 0.15) is 37.9 Å². The largest absolute Gasteiger partial charge is 0.465 e. The summed E-state index contributed by atoms with van der Waals surface area (Å²) in [6, 6.07) is 11.3. The Kier molecular flexibility index (Phi) is 6.70. The van der Waals surface area contributed by atoms with Crippen LogP contribution in [-0.4, -0.2) is 49.0 Å². The molecular formula is C29H25N3O8S. The summed E-state index contributed by atoms with van der Waals surface area (Å²) < 4.78 is 23.0. The molecule has 0 saturated heterocycles. The zero-order valence-corrected chi connectivity index (χ0v) is 23.3. The number of amides is 1. The maximum Gasteiger partial charge on any atom is 0.338 e. The van der Waals surface area contributed by atoms with Gasteiger partial charge in [-0.2, -0.15) is 0 Å². The molecular weight excluding hydrogens is 550 g/mol. The summed E-state index contributed by atoms with van der Waals surface area (Å²) >= 11 is 1.05. The minimum Gasteiger partial charge on any atom is -0.465 e. The fraction of sp³-hybridized carbons (Fsp3) is 0.276. The number of aromatic nitrogens is 1. The Morgan fingerprint density at radius 2 is 1.80 bits per heavy atom. The molecule has 0 spiro atoms. The van der Waals surface area contributed by atoms with Gasteiger partial charge in [0.1, 0.15) is 11.1 Å². The standard InChI is InChI=1S/C29H25N3O8S/c1-4-37-21(33)13-31-18-9-7-6-8-17(18)23(26(31)34)25-27(35)32-24(16-10-11-19-20(12-16)40-14-39-19)22(28(36)38-5-2)15(3)30-29(32)41-25/h6-12,24H,4-5,13-14H2,1-3H3/b25-23+/t24-/m0/s1. The van der Waals surface area contributed by atoms with Crippen LogP contribution in [0.3, 0.4) is 0 Å². The van der Waals surface area contributed by atoms with Crippen LogP contribution in [0.15, 0.2) is 63.5 Å². The van der Waals surface area contributed by atoms with Gasteiger partial charge in [0.05, 0.1) is 41.8 Å². The van der Waals surface area contributed by atoms with Gasteiger partial charge in [-0.1, -0.05) is 35.6 Å². The molecule has 1 aromatic heterocycles. The molecule has 0 unspecified atom stereocenters. The third kappa shape index (κ3) is 4.31. The van der Waals surface area contributed by atoms with Gasteiger partial charge in [0, 0.05) is 5.56 Å². The summed E-state index contributed by atoms with van der Waals surface area (Å²) in [6.07, 6.45) is 0. The second-order valence-corrected chi connectivity index (χ2v) is 10.3. The summed E-state index contributed by atoms with van der Waals surface area (Å²) in [5.41, 5.74) is 1.88. The fourth-order valence-corrected chi connectivity index (χ4v) is 6.37. The van der Waals surface area contributed by atoms with E-state index in [4.69, 9.17) is 18.9 Å². The lowest BCUT2D eigenvalue weighted by Crippen LogP contribution is -2.41. The highest BCUT2D eigenvalue weighted by molar-refractivity contribution is 7.07. The van der Waals surface area contributed by atoms with Crippen molar-refractivity contribution in [1.29, 1.82) is 0 Å². The topological polar surface area (TPSA) is 126 Å². The van der Waals surface area contributed by atoms with Crippen molar-refractivity contribution in [1.82, 2.24) is 4.57 Å². The molecule has 0 saturated carbocycles. The predicted octanol–water partition coefficient (Wildman–Crippen LogP) is 1.81. The van der Waals surface area contributed by atoms with Crippen molar-refractivity contribution in [2.45, 2.75) is 26.8 Å². The Balaban J connectivity index is 1.58. The molecule has 0 N–H and O–H groups in total. The first kappa shape index (κ1) is 26.5. The van der Waals surface area contributed by atoms with Crippen molar-refractivity contribution in [3.63, 3.8) is 0 Å². The van der Waals surface area contributed by atoms with Gasteiger partial charge in [0.2, 0.25) is 6.79 Å². The van der Waals surface area contributed by atoms with Gasteiger partial charge in [-0.3, -0.25) is 23.9 Å². The van der Waals surface area contributed by atoms with Crippen molar-refractivity contribution >= 4 is 40.4 Å². The molecule has 0 bridgehead atoms. The number of ether oxygens (including phenoxy) is 4. The number of carbonyl (C=O) groups is 3. The van der Waals surface area contributed by atoms with Gasteiger partial charge in [0.15, 0.2) is 16.3 Å². The van der Waals surface area contributed by atoms with Crippen LogP contribution in [0.5, 0.6) is 11.5 Å². The van der Waals surface area contributed by atoms with Crippen LogP contribution in [0, 0.1) is 0 Å². The number of rotatable bonds is 6. The maximum absolute atomic E-state index is 14.2. The van der Waals surface area contributed by atoms with E-state index in [0.29, 0.717) is 38.8 Å². The van der Waals surface area contributed by atoms with Crippen LogP contribution < -0.4 is 29.3 Å². The first-order chi connectivity index (χ1) is 19.8. The van der Waals surface area contributed by atoms with Crippen molar-refractivity contribution in [3.8, 4) is 11.5 Å². The molecule has 11 nitrogen and oxygen atoms in total. The molecule has 3 aliphatic heterocycles. The van der Waals surface area contributed by atoms with Crippen LogP contribution >= 0.6 is 11.3 Å². The Morgan fingerprint density at radius 1 is 1.05 bits per heavy atom. The lowest BCUT2D eigenvalue weighted by Gasteiger charge is -2.24. The number of hydrogen-bond acceptors (Lipinski definition) is 10. The highest BCUT2D eigenvalue weighted by Gasteiger charge is 2.38. The van der Waals surface area contributed by atoms with E-state index in [1.54, 1.807) is 63.2 Å². The lowest BCUT2D eigenvalue weighted by atomic mass is 9.95. The summed E-state index contributed by atoms with van der Waals surface area (Å²) in [5, 5.41) is 0. The second-order valence-electron chi connectivity index (χ2n) is 9.32. The van der Waals surface area contributed by atoms with Crippen LogP contribution in [0.4, 0.5) is 5.69 Å². The van der Waals surface area contributed by atoms with Gasteiger partial charge in [-0.05, 0) is 44.5 Å². The molecule has 0 fully saturated rings. The molecule has 3 aliphatic rings. The van der Waals surface area contributed by atoms with Gasteiger partial charge < -0.3 is 18.9 Å². The third-order valence-corrected chi connectivity index (χ3v) is 8.00. The molecule has 6 rings (SSSR count). The normalized spacial score (nSPS) is 18.2. The number of anilines is 1. The van der Waals surface area contributed by atoms with E-state index < -0.39 is 29.4 Å². The Morgan fingerprint density at radius 3 is 2.59 bits per heavy atom. The highest BCUT2D eigenvalue weighted by atomic mass is 32.1. The van der Waals surface area contributed by atoms with Gasteiger partial charge in [0.25, 0.3) is 11.5 Å². The quantitative estimate of drug-likeness (QED) is 0.408. The van der Waals surface area contributed by atoms with Crippen LogP contribution in [0.25, 0.3) is 5.57 Å². The monoisotopic (exact) mass is 575 g/mol. The molecule has 3 aromatic rings. The average molecular weight is 576 g/mol. The van der Waals surface area contributed by atoms with E-state index in [1.165, 1.54) is 9.47 Å². The Labute approximate surface area is 237 Å². The lowest BCUT2D eigenvalue weighted by molar-refractivity contribution is -0.142. The zero-order valence-electron chi connectivity index (χ0n) is 22.5. The van der Waals surface area contributed by atoms with E-state index in [-0.39, 0.29) is 42.2 Å². The summed E-state index contributed by atoms with van der Waals surface area (Å²) in [4.78, 5) is 59.8. The Bertz CT molecular complexity index is 1840. The number of benzene rings is 2. The minimum atomic E-state index is -0.892. The van der Waals surface area contributed by atoms with E-state index in [2.05, 4.69) is 4.99 Å². The van der Waals surface area contributed by atoms with Crippen LogP contribution in [0.2, 0.25) is 0 Å². The molecule has 12 heteroatoms. The zero-order chi connectivity index (χ0) is 28.8. The fourth-order valence-electron chi connectivity index (χ4n) is 5.23.